The summed E-state index contributed by atoms with van der Waals surface area (Å²) in [5.41, 5.74) is 21.1. The zero-order chi connectivity index (χ0) is 41.3. The van der Waals surface area contributed by atoms with Crippen molar-refractivity contribution in [1.29, 1.82) is 0 Å². The highest BCUT2D eigenvalue weighted by Gasteiger charge is 2.40. The largest absolute Gasteiger partial charge is 0.481 e. The maximum Gasteiger partial charge on any atom is 0.327 e. The van der Waals surface area contributed by atoms with Crippen LogP contribution in [0.2, 0.25) is 0 Å². The van der Waals surface area contributed by atoms with Crippen LogP contribution in [0.3, 0.4) is 0 Å². The number of carbonyl (C=O) groups is 11. The average molecular weight is 791 g/mol. The van der Waals surface area contributed by atoms with E-state index in [0.717, 1.165) is 4.90 Å². The number of thioether (sulfide) groups is 1. The van der Waals surface area contributed by atoms with Gasteiger partial charge in [-0.25, -0.2) is 4.79 Å². The summed E-state index contributed by atoms with van der Waals surface area (Å²) in [6, 6.07) is -9.10. The molecule has 0 aromatic heterocycles. The van der Waals surface area contributed by atoms with Gasteiger partial charge < -0.3 is 64.6 Å². The summed E-state index contributed by atoms with van der Waals surface area (Å²) in [5, 5.41) is 44.5. The van der Waals surface area contributed by atoms with Gasteiger partial charge in [0.25, 0.3) is 0 Å². The molecule has 7 amide bonds. The van der Waals surface area contributed by atoms with Crippen LogP contribution >= 0.6 is 11.8 Å². The zero-order valence-electron chi connectivity index (χ0n) is 28.4. The first kappa shape index (κ1) is 46.0. The molecular weight excluding hydrogens is 748 g/mol. The van der Waals surface area contributed by atoms with Crippen molar-refractivity contribution < 1.29 is 73.2 Å². The summed E-state index contributed by atoms with van der Waals surface area (Å²) in [7, 11) is 0. The van der Waals surface area contributed by atoms with Crippen LogP contribution in [0.15, 0.2) is 4.99 Å². The number of nitrogens with two attached hydrogens (primary N) is 4. The smallest absolute Gasteiger partial charge is 0.327 e. The molecule has 1 aliphatic rings. The summed E-state index contributed by atoms with van der Waals surface area (Å²) < 4.78 is 0. The van der Waals surface area contributed by atoms with Crippen molar-refractivity contribution in [2.24, 2.45) is 27.9 Å². The van der Waals surface area contributed by atoms with Gasteiger partial charge in [-0.05, 0) is 12.8 Å². The number of carboxylic acids is 4. The van der Waals surface area contributed by atoms with Crippen LogP contribution in [0, 0.1) is 0 Å². The lowest BCUT2D eigenvalue weighted by atomic mass is 10.1. The number of hydrogen-bond acceptors (Lipinski definition) is 14. The Labute approximate surface area is 309 Å². The summed E-state index contributed by atoms with van der Waals surface area (Å²) in [6.07, 6.45) is -4.04. The number of carbonyl (C=O) groups excluding carboxylic acids is 7. The number of likely N-dealkylation sites (tertiary alicyclic amines) is 1. The molecule has 0 radical (unpaired) electrons. The fourth-order valence-corrected chi connectivity index (χ4v) is 5.72. The quantitative estimate of drug-likeness (QED) is 0.0177. The lowest BCUT2D eigenvalue weighted by molar-refractivity contribution is -0.144. The number of rotatable bonds is 25. The molecule has 1 aliphatic heterocycles. The Kier molecular flexibility index (Phi) is 18.8. The molecule has 300 valence electrons. The van der Waals surface area contributed by atoms with Gasteiger partial charge in [0.15, 0.2) is 5.96 Å². The number of nitrogens with zero attached hydrogens (tertiary/aromatic N) is 2. The Morgan fingerprint density at radius 1 is 0.741 bits per heavy atom. The van der Waals surface area contributed by atoms with Gasteiger partial charge in [0.2, 0.25) is 41.4 Å². The van der Waals surface area contributed by atoms with Gasteiger partial charge in [0, 0.05) is 31.7 Å². The second-order valence-electron chi connectivity index (χ2n) is 11.6. The average Bonchev–Trinajstić information content (AvgIpc) is 3.32. The van der Waals surface area contributed by atoms with E-state index < -0.39 is 126 Å². The van der Waals surface area contributed by atoms with E-state index in [-0.39, 0.29) is 44.7 Å². The summed E-state index contributed by atoms with van der Waals surface area (Å²) in [4.78, 5) is 139. The van der Waals surface area contributed by atoms with E-state index >= 15 is 0 Å². The number of nitrogens with one attached hydrogen (secondary N) is 4. The minimum atomic E-state index is -2.06. The van der Waals surface area contributed by atoms with Gasteiger partial charge >= 0.3 is 23.9 Å². The third kappa shape index (κ3) is 16.5. The van der Waals surface area contributed by atoms with E-state index in [9.17, 15) is 68.1 Å². The van der Waals surface area contributed by atoms with E-state index in [1.54, 1.807) is 0 Å². The van der Waals surface area contributed by atoms with Crippen LogP contribution in [0.4, 0.5) is 0 Å². The van der Waals surface area contributed by atoms with Gasteiger partial charge in [-0.2, -0.15) is 0 Å². The highest BCUT2D eigenvalue weighted by atomic mass is 32.2. The number of guanidine groups is 1. The molecule has 0 bridgehead atoms. The van der Waals surface area contributed by atoms with E-state index in [0.29, 0.717) is 11.8 Å². The molecule has 6 atom stereocenters. The summed E-state index contributed by atoms with van der Waals surface area (Å²) >= 11 is 0.663. The lowest BCUT2D eigenvalue weighted by Gasteiger charge is -2.25. The molecule has 0 spiro atoms. The standard InChI is InChI=1S/C28H42N10O15S/c29-11(6-19(41)42)22(47)34-12(2-1-4-33-28(31)32)23(48)35-13(7-20(43)44)24(49)36-14(8-21(45)46)25(50)37-15(27(52)53)10-54-16-9-18(40)38(26(16)51)5-3-17(30)39/h11-16H,1-10,29H2,(H2,30,39)(H,34,47)(H,35,48)(H,36,49)(H,37,50)(H,41,42)(H,43,44)(H,45,46)(H,52,53)(H4,31,32,33)/t11-,12-,13-,14-,15-,16?/m0/s1. The maximum absolute atomic E-state index is 13.2. The molecule has 1 unspecified atom stereocenters. The first-order valence-electron chi connectivity index (χ1n) is 15.8. The van der Waals surface area contributed by atoms with Crippen LogP contribution in [-0.4, -0.2) is 151 Å². The van der Waals surface area contributed by atoms with E-state index in [2.05, 4.69) is 15.6 Å². The Morgan fingerprint density at radius 3 is 1.69 bits per heavy atom. The second-order valence-corrected chi connectivity index (χ2v) is 12.8. The normalized spacial score (nSPS) is 16.5. The van der Waals surface area contributed by atoms with Crippen molar-refractivity contribution in [3.8, 4) is 0 Å². The first-order valence-corrected chi connectivity index (χ1v) is 16.8. The molecule has 0 aliphatic carbocycles. The number of primary amides is 1. The molecule has 0 aromatic carbocycles. The third-order valence-corrected chi connectivity index (χ3v) is 8.49. The SMILES string of the molecule is NC(=O)CCN1C(=O)CC(SC[C@H](NC(=O)[C@H](CC(=O)O)NC(=O)[C@H](CC(=O)O)NC(=O)[C@H](CCCN=C(N)N)NC(=O)[C@@H](N)CC(=O)O)C(=O)O)C1=O. The Hall–Kier alpha value is -6.05. The fraction of sp³-hybridized carbons (Fsp3) is 0.571. The van der Waals surface area contributed by atoms with Crippen molar-refractivity contribution in [3.05, 3.63) is 0 Å². The molecule has 1 heterocycles. The van der Waals surface area contributed by atoms with Crippen LogP contribution in [0.5, 0.6) is 0 Å². The van der Waals surface area contributed by atoms with Gasteiger partial charge in [0.1, 0.15) is 24.2 Å². The molecule has 0 saturated carbocycles. The minimum absolute atomic E-state index is 0.0167. The highest BCUT2D eigenvalue weighted by molar-refractivity contribution is 8.00. The number of aliphatic carboxylic acids is 4. The summed E-state index contributed by atoms with van der Waals surface area (Å²) in [5.74, 6) is -14.5. The molecule has 54 heavy (non-hydrogen) atoms. The molecule has 0 aromatic rings. The molecule has 1 rings (SSSR count). The monoisotopic (exact) mass is 790 g/mol. The number of imide groups is 1. The Balaban J connectivity index is 3.15. The van der Waals surface area contributed by atoms with E-state index in [1.807, 2.05) is 10.6 Å². The van der Waals surface area contributed by atoms with Crippen molar-refractivity contribution in [2.45, 2.75) is 80.4 Å². The van der Waals surface area contributed by atoms with Gasteiger partial charge in [0.05, 0.1) is 30.6 Å². The molecule has 1 fully saturated rings. The Bertz CT molecular complexity index is 1520. The predicted octanol–water partition coefficient (Wildman–Crippen LogP) is -6.45. The van der Waals surface area contributed by atoms with Gasteiger partial charge in [-0.15, -0.1) is 11.8 Å². The van der Waals surface area contributed by atoms with Crippen LogP contribution in [0.1, 0.15) is 44.9 Å². The molecule has 26 heteroatoms. The van der Waals surface area contributed by atoms with Gasteiger partial charge in [-0.1, -0.05) is 0 Å². The number of carboxylic acid groups (broad SMARTS) is 4. The van der Waals surface area contributed by atoms with Gasteiger partial charge in [-0.3, -0.25) is 57.8 Å². The van der Waals surface area contributed by atoms with Crippen molar-refractivity contribution >= 4 is 82.9 Å². The highest BCUT2D eigenvalue weighted by Crippen LogP contribution is 2.26. The van der Waals surface area contributed by atoms with Crippen LogP contribution in [0.25, 0.3) is 0 Å². The maximum atomic E-state index is 13.2. The summed E-state index contributed by atoms with van der Waals surface area (Å²) in [6.45, 7) is -0.354. The van der Waals surface area contributed by atoms with Crippen LogP contribution in [-0.2, 0) is 52.7 Å². The number of aliphatic imine (C=N–C) groups is 1. The zero-order valence-corrected chi connectivity index (χ0v) is 29.2. The van der Waals surface area contributed by atoms with E-state index in [1.165, 1.54) is 0 Å². The van der Waals surface area contributed by atoms with Crippen molar-refractivity contribution in [1.82, 2.24) is 26.2 Å². The molecular formula is C28H42N10O15S. The molecule has 16 N–H and O–H groups in total. The van der Waals surface area contributed by atoms with Crippen molar-refractivity contribution in [3.63, 3.8) is 0 Å². The fourth-order valence-electron chi connectivity index (χ4n) is 4.54. The second kappa shape index (κ2) is 22.1. The minimum Gasteiger partial charge on any atom is -0.481 e. The predicted molar refractivity (Wildman–Crippen MR) is 181 cm³/mol. The third-order valence-electron chi connectivity index (χ3n) is 7.20. The first-order chi connectivity index (χ1) is 25.1. The topological polar surface area (TPSA) is 436 Å². The molecule has 25 nitrogen and oxygen atoms in total. The van der Waals surface area contributed by atoms with Crippen LogP contribution < -0.4 is 44.2 Å². The van der Waals surface area contributed by atoms with Crippen molar-refractivity contribution in [2.75, 3.05) is 18.8 Å². The lowest BCUT2D eigenvalue weighted by Crippen LogP contribution is -2.59. The Morgan fingerprint density at radius 2 is 1.22 bits per heavy atom. The molecule has 1 saturated heterocycles. The number of hydrogen-bond donors (Lipinski definition) is 12. The number of amides is 7. The van der Waals surface area contributed by atoms with E-state index in [4.69, 9.17) is 28.0 Å².